The van der Waals surface area contributed by atoms with Crippen molar-refractivity contribution >= 4 is 23.3 Å². The van der Waals surface area contributed by atoms with Crippen LogP contribution in [0.1, 0.15) is 41.0 Å². The van der Waals surface area contributed by atoms with Crippen molar-refractivity contribution in [1.82, 2.24) is 19.7 Å². The molecular weight excluding hydrogens is 390 g/mol. The monoisotopic (exact) mass is 417 g/mol. The molecule has 0 radical (unpaired) electrons. The number of amides is 1. The number of nitrogens with zero attached hydrogens (tertiary/aromatic N) is 5. The van der Waals surface area contributed by atoms with Gasteiger partial charge in [-0.15, -0.1) is 0 Å². The Balaban J connectivity index is 1.44. The Kier molecular flexibility index (Phi) is 6.06. The van der Waals surface area contributed by atoms with E-state index in [0.29, 0.717) is 36.1 Å². The maximum atomic E-state index is 12.7. The van der Waals surface area contributed by atoms with E-state index in [1.54, 1.807) is 12.3 Å². The highest BCUT2D eigenvalue weighted by atomic mass is 35.5. The summed E-state index contributed by atoms with van der Waals surface area (Å²) in [5.74, 6) is 0.735. The number of morpholine rings is 1. The van der Waals surface area contributed by atoms with Gasteiger partial charge < -0.3 is 14.5 Å². The van der Waals surface area contributed by atoms with Gasteiger partial charge in [0.05, 0.1) is 35.5 Å². The lowest BCUT2D eigenvalue weighted by atomic mass is 10.1. The van der Waals surface area contributed by atoms with Gasteiger partial charge in [-0.05, 0) is 45.2 Å². The molecule has 1 amide bonds. The van der Waals surface area contributed by atoms with Crippen LogP contribution in [0.2, 0.25) is 5.02 Å². The lowest BCUT2D eigenvalue weighted by Gasteiger charge is -2.34. The van der Waals surface area contributed by atoms with Crippen LogP contribution in [0.25, 0.3) is 0 Å². The summed E-state index contributed by atoms with van der Waals surface area (Å²) in [7, 11) is 0. The third kappa shape index (κ3) is 4.56. The molecule has 2 fully saturated rings. The molecule has 0 aromatic carbocycles. The van der Waals surface area contributed by atoms with Crippen molar-refractivity contribution in [3.63, 3.8) is 0 Å². The minimum atomic E-state index is 0.00859. The summed E-state index contributed by atoms with van der Waals surface area (Å²) < 4.78 is 7.93. The summed E-state index contributed by atoms with van der Waals surface area (Å²) >= 11 is 6.55. The molecule has 2 aliphatic heterocycles. The van der Waals surface area contributed by atoms with Gasteiger partial charge in [-0.25, -0.2) is 4.98 Å². The molecule has 2 aliphatic rings. The second-order valence-corrected chi connectivity index (χ2v) is 8.34. The van der Waals surface area contributed by atoms with Crippen molar-refractivity contribution in [3.8, 4) is 0 Å². The smallest absolute Gasteiger partial charge is 0.255 e. The maximum absolute atomic E-state index is 12.7. The summed E-state index contributed by atoms with van der Waals surface area (Å²) in [6, 6.07) is 3.82. The van der Waals surface area contributed by atoms with E-state index in [1.165, 1.54) is 6.42 Å². The summed E-state index contributed by atoms with van der Waals surface area (Å²) in [6.07, 6.45) is 4.99. The van der Waals surface area contributed by atoms with E-state index in [-0.39, 0.29) is 12.0 Å². The van der Waals surface area contributed by atoms with E-state index >= 15 is 0 Å². The first kappa shape index (κ1) is 20.2. The van der Waals surface area contributed by atoms with Crippen LogP contribution < -0.4 is 4.90 Å². The van der Waals surface area contributed by atoms with Crippen LogP contribution in [0.4, 0.5) is 5.82 Å². The normalized spacial score (nSPS) is 20.2. The first-order valence-electron chi connectivity index (χ1n) is 10.3. The fourth-order valence-corrected chi connectivity index (χ4v) is 4.42. The number of carbonyl (C=O) groups excluding carboxylic acids is 1. The zero-order chi connectivity index (χ0) is 20.4. The van der Waals surface area contributed by atoms with Crippen LogP contribution in [-0.4, -0.2) is 64.5 Å². The molecule has 7 nitrogen and oxygen atoms in total. The molecule has 2 saturated heterocycles. The molecule has 4 heterocycles. The maximum Gasteiger partial charge on any atom is 0.255 e. The summed E-state index contributed by atoms with van der Waals surface area (Å²) in [6.45, 7) is 8.39. The molecule has 4 rings (SSSR count). The number of ether oxygens (including phenoxy) is 1. The number of aryl methyl sites for hydroxylation is 2. The SMILES string of the molecule is Cc1cc(C)n(CC2CN(c3ncc(C(=O)N4CCCCC4)cc3Cl)CCO2)n1. The Labute approximate surface area is 176 Å². The lowest BCUT2D eigenvalue weighted by molar-refractivity contribution is 0.0267. The van der Waals surface area contributed by atoms with Crippen molar-refractivity contribution < 1.29 is 9.53 Å². The lowest BCUT2D eigenvalue weighted by Crippen LogP contribution is -2.45. The number of likely N-dealkylation sites (tertiary alicyclic amines) is 1. The van der Waals surface area contributed by atoms with Gasteiger partial charge in [0.25, 0.3) is 5.91 Å². The zero-order valence-corrected chi connectivity index (χ0v) is 17.9. The van der Waals surface area contributed by atoms with Crippen molar-refractivity contribution in [2.45, 2.75) is 45.8 Å². The number of piperidine rings is 1. The minimum Gasteiger partial charge on any atom is -0.373 e. The van der Waals surface area contributed by atoms with E-state index in [1.807, 2.05) is 16.5 Å². The summed E-state index contributed by atoms with van der Waals surface area (Å²) in [5.41, 5.74) is 2.70. The van der Waals surface area contributed by atoms with Gasteiger partial charge in [-0.1, -0.05) is 11.6 Å². The molecule has 0 spiro atoms. The summed E-state index contributed by atoms with van der Waals surface area (Å²) in [4.78, 5) is 21.3. The number of hydrogen-bond acceptors (Lipinski definition) is 5. The van der Waals surface area contributed by atoms with Crippen LogP contribution >= 0.6 is 11.6 Å². The molecular formula is C21H28ClN5O2. The molecule has 0 aliphatic carbocycles. The zero-order valence-electron chi connectivity index (χ0n) is 17.1. The molecule has 1 unspecified atom stereocenters. The molecule has 0 bridgehead atoms. The Hall–Kier alpha value is -2.12. The van der Waals surface area contributed by atoms with Crippen molar-refractivity contribution in [2.75, 3.05) is 37.7 Å². The van der Waals surface area contributed by atoms with Crippen LogP contribution in [0, 0.1) is 13.8 Å². The first-order valence-corrected chi connectivity index (χ1v) is 10.7. The van der Waals surface area contributed by atoms with E-state index in [0.717, 1.165) is 43.9 Å². The topological polar surface area (TPSA) is 63.5 Å². The highest BCUT2D eigenvalue weighted by Crippen LogP contribution is 2.27. The molecule has 0 N–H and O–H groups in total. The van der Waals surface area contributed by atoms with Crippen molar-refractivity contribution in [3.05, 3.63) is 40.3 Å². The van der Waals surface area contributed by atoms with E-state index in [2.05, 4.69) is 28.0 Å². The van der Waals surface area contributed by atoms with E-state index in [9.17, 15) is 4.79 Å². The van der Waals surface area contributed by atoms with Gasteiger partial charge in [-0.3, -0.25) is 9.48 Å². The molecule has 1 atom stereocenters. The standard InChI is InChI=1S/C21H28ClN5O2/c1-15-10-16(2)27(24-15)14-18-13-26(8-9-29-18)20-19(22)11-17(12-23-20)21(28)25-6-4-3-5-7-25/h10-12,18H,3-9,13-14H2,1-2H3. The number of anilines is 1. The molecule has 2 aromatic rings. The summed E-state index contributed by atoms with van der Waals surface area (Å²) in [5, 5.41) is 5.04. The highest BCUT2D eigenvalue weighted by Gasteiger charge is 2.25. The van der Waals surface area contributed by atoms with E-state index < -0.39 is 0 Å². The molecule has 156 valence electrons. The molecule has 8 heteroatoms. The molecule has 0 saturated carbocycles. The van der Waals surface area contributed by atoms with Gasteiger partial charge in [0.2, 0.25) is 0 Å². The van der Waals surface area contributed by atoms with Gasteiger partial charge in [0.15, 0.2) is 0 Å². The second-order valence-electron chi connectivity index (χ2n) is 7.93. The van der Waals surface area contributed by atoms with Crippen molar-refractivity contribution in [2.24, 2.45) is 0 Å². The van der Waals surface area contributed by atoms with Gasteiger partial charge in [-0.2, -0.15) is 5.10 Å². The van der Waals surface area contributed by atoms with Crippen LogP contribution in [-0.2, 0) is 11.3 Å². The third-order valence-electron chi connectivity index (χ3n) is 5.63. The molecule has 29 heavy (non-hydrogen) atoms. The fourth-order valence-electron chi connectivity index (χ4n) is 4.13. The Morgan fingerprint density at radius 3 is 2.69 bits per heavy atom. The van der Waals surface area contributed by atoms with Gasteiger partial charge in [0, 0.05) is 38.1 Å². The third-order valence-corrected chi connectivity index (χ3v) is 5.91. The fraction of sp³-hybridized carbons (Fsp3) is 0.571. The Morgan fingerprint density at radius 2 is 2.00 bits per heavy atom. The second kappa shape index (κ2) is 8.71. The predicted molar refractivity (Wildman–Crippen MR) is 113 cm³/mol. The van der Waals surface area contributed by atoms with Crippen LogP contribution in [0.5, 0.6) is 0 Å². The average molecular weight is 418 g/mol. The van der Waals surface area contributed by atoms with Crippen LogP contribution in [0.3, 0.4) is 0 Å². The number of halogens is 1. The number of rotatable bonds is 4. The average Bonchev–Trinajstić information content (AvgIpc) is 3.04. The number of aromatic nitrogens is 3. The Morgan fingerprint density at radius 1 is 1.21 bits per heavy atom. The first-order chi connectivity index (χ1) is 14.0. The largest absolute Gasteiger partial charge is 0.373 e. The van der Waals surface area contributed by atoms with Gasteiger partial charge in [0.1, 0.15) is 5.82 Å². The van der Waals surface area contributed by atoms with Crippen molar-refractivity contribution in [1.29, 1.82) is 0 Å². The Bertz CT molecular complexity index is 878. The van der Waals surface area contributed by atoms with E-state index in [4.69, 9.17) is 16.3 Å². The number of hydrogen-bond donors (Lipinski definition) is 0. The quantitative estimate of drug-likeness (QED) is 0.764. The minimum absolute atomic E-state index is 0.00859. The van der Waals surface area contributed by atoms with Gasteiger partial charge >= 0.3 is 0 Å². The highest BCUT2D eigenvalue weighted by molar-refractivity contribution is 6.33. The predicted octanol–water partition coefficient (Wildman–Crippen LogP) is 3.08. The number of pyridine rings is 1. The number of carbonyl (C=O) groups is 1. The molecule has 2 aromatic heterocycles. The van der Waals surface area contributed by atoms with Crippen LogP contribution in [0.15, 0.2) is 18.3 Å².